The number of anilines is 1. The van der Waals surface area contributed by atoms with Gasteiger partial charge in [-0.05, 0) is 54.3 Å². The molecule has 0 unspecified atom stereocenters. The normalized spacial score (nSPS) is 13.0. The number of hydrogen-bond acceptors (Lipinski definition) is 3. The number of hydrogen-bond donors (Lipinski definition) is 1. The van der Waals surface area contributed by atoms with Crippen molar-refractivity contribution in [3.63, 3.8) is 0 Å². The molecular formula is C27H24FN5O. The summed E-state index contributed by atoms with van der Waals surface area (Å²) in [6, 6.07) is 16.5. The summed E-state index contributed by atoms with van der Waals surface area (Å²) >= 11 is 0. The van der Waals surface area contributed by atoms with Gasteiger partial charge in [-0.25, -0.2) is 14.4 Å². The number of carbonyl (C=O) groups excluding carboxylic acids is 1. The molecule has 170 valence electrons. The average Bonchev–Trinajstić information content (AvgIpc) is 3.52. The van der Waals surface area contributed by atoms with Crippen molar-refractivity contribution in [2.24, 2.45) is 0 Å². The quantitative estimate of drug-likeness (QED) is 0.391. The van der Waals surface area contributed by atoms with Crippen LogP contribution >= 0.6 is 0 Å². The van der Waals surface area contributed by atoms with Crippen molar-refractivity contribution in [2.75, 3.05) is 5.32 Å². The van der Waals surface area contributed by atoms with Crippen LogP contribution in [-0.2, 0) is 25.9 Å². The number of aryl methyl sites for hydroxylation is 3. The first-order chi connectivity index (χ1) is 16.6. The molecular weight excluding hydrogens is 429 g/mol. The van der Waals surface area contributed by atoms with Crippen molar-refractivity contribution in [3.05, 3.63) is 89.3 Å². The van der Waals surface area contributed by atoms with Crippen molar-refractivity contribution in [1.29, 1.82) is 0 Å². The third-order valence-electron chi connectivity index (χ3n) is 6.54. The number of fused-ring (bicyclic) bond motifs is 4. The van der Waals surface area contributed by atoms with E-state index in [0.717, 1.165) is 59.3 Å². The second kappa shape index (κ2) is 8.09. The molecule has 0 radical (unpaired) electrons. The molecule has 6 rings (SSSR count). The number of imidazole rings is 1. The van der Waals surface area contributed by atoms with Crippen LogP contribution in [0.4, 0.5) is 10.1 Å². The number of amides is 1. The third-order valence-corrected chi connectivity index (χ3v) is 6.54. The smallest absolute Gasteiger partial charge is 0.272 e. The zero-order valence-corrected chi connectivity index (χ0v) is 18.9. The second-order valence-electron chi connectivity index (χ2n) is 8.80. The molecule has 7 heteroatoms. The molecule has 0 saturated heterocycles. The summed E-state index contributed by atoms with van der Waals surface area (Å²) < 4.78 is 18.0. The van der Waals surface area contributed by atoms with Gasteiger partial charge in [0.1, 0.15) is 22.9 Å². The van der Waals surface area contributed by atoms with Crippen LogP contribution in [0.25, 0.3) is 22.1 Å². The van der Waals surface area contributed by atoms with Crippen LogP contribution in [0.1, 0.15) is 40.8 Å². The fraction of sp³-hybridized carbons (Fsp3) is 0.222. The van der Waals surface area contributed by atoms with Gasteiger partial charge in [-0.15, -0.1) is 0 Å². The Kier molecular flexibility index (Phi) is 4.90. The lowest BCUT2D eigenvalue weighted by Gasteiger charge is -2.12. The van der Waals surface area contributed by atoms with Crippen LogP contribution < -0.4 is 5.32 Å². The van der Waals surface area contributed by atoms with Crippen molar-refractivity contribution in [3.8, 4) is 0 Å². The summed E-state index contributed by atoms with van der Waals surface area (Å²) in [6.07, 6.45) is 4.62. The van der Waals surface area contributed by atoms with Gasteiger partial charge in [0.2, 0.25) is 0 Å². The fourth-order valence-corrected chi connectivity index (χ4v) is 4.84. The van der Waals surface area contributed by atoms with Gasteiger partial charge in [-0.3, -0.25) is 4.79 Å². The molecule has 0 spiro atoms. The zero-order valence-electron chi connectivity index (χ0n) is 18.9. The molecule has 5 aromatic rings. The first kappa shape index (κ1) is 20.6. The van der Waals surface area contributed by atoms with Gasteiger partial charge >= 0.3 is 0 Å². The topological polar surface area (TPSA) is 64.7 Å². The van der Waals surface area contributed by atoms with Crippen molar-refractivity contribution in [1.82, 2.24) is 19.1 Å². The van der Waals surface area contributed by atoms with E-state index in [-0.39, 0.29) is 11.7 Å². The largest absolute Gasteiger partial charge is 0.332 e. The molecule has 0 saturated carbocycles. The third kappa shape index (κ3) is 3.53. The Morgan fingerprint density at radius 1 is 1.12 bits per heavy atom. The number of pyridine rings is 1. The van der Waals surface area contributed by atoms with E-state index in [1.165, 1.54) is 17.7 Å². The lowest BCUT2D eigenvalue weighted by atomic mass is 10.1. The molecule has 6 nitrogen and oxygen atoms in total. The van der Waals surface area contributed by atoms with Gasteiger partial charge in [0.05, 0.1) is 11.9 Å². The van der Waals surface area contributed by atoms with Crippen molar-refractivity contribution in [2.45, 2.75) is 39.3 Å². The van der Waals surface area contributed by atoms with E-state index in [0.29, 0.717) is 17.9 Å². The molecule has 1 aliphatic rings. The fourth-order valence-electron chi connectivity index (χ4n) is 4.84. The summed E-state index contributed by atoms with van der Waals surface area (Å²) in [4.78, 5) is 22.7. The Morgan fingerprint density at radius 3 is 2.88 bits per heavy atom. The highest BCUT2D eigenvalue weighted by molar-refractivity contribution is 6.07. The maximum Gasteiger partial charge on any atom is 0.272 e. The van der Waals surface area contributed by atoms with E-state index >= 15 is 0 Å². The summed E-state index contributed by atoms with van der Waals surface area (Å²) in [5.74, 6) is 0.520. The second-order valence-corrected chi connectivity index (χ2v) is 8.80. The molecule has 0 fully saturated rings. The molecule has 0 bridgehead atoms. The predicted octanol–water partition coefficient (Wildman–Crippen LogP) is 5.33. The van der Waals surface area contributed by atoms with Crippen LogP contribution in [0, 0.1) is 5.82 Å². The molecule has 1 aliphatic heterocycles. The van der Waals surface area contributed by atoms with E-state index in [1.807, 2.05) is 28.8 Å². The Hall–Kier alpha value is -4.00. The highest BCUT2D eigenvalue weighted by Crippen LogP contribution is 2.26. The number of nitrogens with one attached hydrogen (secondary N) is 1. The van der Waals surface area contributed by atoms with E-state index in [1.54, 1.807) is 12.3 Å². The van der Waals surface area contributed by atoms with Crippen LogP contribution in [0.15, 0.2) is 60.8 Å². The highest BCUT2D eigenvalue weighted by atomic mass is 19.1. The Labute approximate surface area is 196 Å². The summed E-state index contributed by atoms with van der Waals surface area (Å²) in [6.45, 7) is 3.43. The number of rotatable bonds is 5. The van der Waals surface area contributed by atoms with Crippen LogP contribution in [0.3, 0.4) is 0 Å². The first-order valence-corrected chi connectivity index (χ1v) is 11.6. The lowest BCUT2D eigenvalue weighted by Crippen LogP contribution is -2.17. The van der Waals surface area contributed by atoms with Gasteiger partial charge < -0.3 is 14.5 Å². The minimum atomic E-state index is -0.291. The maximum absolute atomic E-state index is 13.9. The van der Waals surface area contributed by atoms with E-state index in [2.05, 4.69) is 38.9 Å². The number of carbonyl (C=O) groups is 1. The van der Waals surface area contributed by atoms with Gasteiger partial charge in [-0.1, -0.05) is 31.2 Å². The van der Waals surface area contributed by atoms with Gasteiger partial charge in [-0.2, -0.15) is 0 Å². The van der Waals surface area contributed by atoms with E-state index < -0.39 is 0 Å². The minimum Gasteiger partial charge on any atom is -0.332 e. The SMILES string of the molecule is CCc1ccc2cc(C(=O)Nc3cnc4c(c3)nc3n4CCC3)n(Cc3cccc(F)c3)c2c1. The molecule has 34 heavy (non-hydrogen) atoms. The zero-order chi connectivity index (χ0) is 23.2. The molecule has 4 heterocycles. The van der Waals surface area contributed by atoms with Gasteiger partial charge in [0.25, 0.3) is 5.91 Å². The number of aromatic nitrogens is 4. The van der Waals surface area contributed by atoms with E-state index in [9.17, 15) is 9.18 Å². The molecule has 1 N–H and O–H groups in total. The summed E-state index contributed by atoms with van der Waals surface area (Å²) in [5, 5.41) is 3.97. The summed E-state index contributed by atoms with van der Waals surface area (Å²) in [7, 11) is 0. The van der Waals surface area contributed by atoms with Gasteiger partial charge in [0, 0.05) is 30.4 Å². The summed E-state index contributed by atoms with van der Waals surface area (Å²) in [5.41, 5.74) is 5.70. The Bertz CT molecular complexity index is 1560. The Morgan fingerprint density at radius 2 is 2.03 bits per heavy atom. The predicted molar refractivity (Wildman–Crippen MR) is 131 cm³/mol. The molecule has 0 atom stereocenters. The number of halogens is 1. The standard InChI is InChI=1S/C27H24FN5O/c1-2-17-8-9-19-13-24(33(23(19)12-17)16-18-5-3-6-20(28)11-18)27(34)30-21-14-22-26(29-15-21)32-10-4-7-25(32)31-22/h3,5-6,8-9,11-15H,2,4,7,10,16H2,1H3,(H,30,34). The van der Waals surface area contributed by atoms with Gasteiger partial charge in [0.15, 0.2) is 5.65 Å². The van der Waals surface area contributed by atoms with Crippen LogP contribution in [0.5, 0.6) is 0 Å². The van der Waals surface area contributed by atoms with Crippen molar-refractivity contribution < 1.29 is 9.18 Å². The van der Waals surface area contributed by atoms with Crippen molar-refractivity contribution >= 4 is 33.7 Å². The number of benzene rings is 2. The lowest BCUT2D eigenvalue weighted by molar-refractivity contribution is 0.101. The van der Waals surface area contributed by atoms with Crippen LogP contribution in [0.2, 0.25) is 0 Å². The van der Waals surface area contributed by atoms with E-state index in [4.69, 9.17) is 0 Å². The highest BCUT2D eigenvalue weighted by Gasteiger charge is 2.20. The molecule has 3 aromatic heterocycles. The monoisotopic (exact) mass is 453 g/mol. The maximum atomic E-state index is 13.9. The number of nitrogens with zero attached hydrogens (tertiary/aromatic N) is 4. The first-order valence-electron chi connectivity index (χ1n) is 11.6. The average molecular weight is 454 g/mol. The van der Waals surface area contributed by atoms with Crippen LogP contribution in [-0.4, -0.2) is 25.0 Å². The Balaban J connectivity index is 1.38. The molecule has 0 aliphatic carbocycles. The minimum absolute atomic E-state index is 0.237. The molecule has 1 amide bonds. The molecule has 2 aromatic carbocycles.